The summed E-state index contributed by atoms with van der Waals surface area (Å²) in [5.74, 6) is 1.21. The van der Waals surface area contributed by atoms with Gasteiger partial charge in [0.15, 0.2) is 11.0 Å². The van der Waals surface area contributed by atoms with Crippen LogP contribution < -0.4 is 10.1 Å². The Hall–Kier alpha value is -2.22. The lowest BCUT2D eigenvalue weighted by Crippen LogP contribution is -2.14. The Morgan fingerprint density at radius 3 is 2.66 bits per heavy atom. The van der Waals surface area contributed by atoms with Crippen molar-refractivity contribution in [1.29, 1.82) is 0 Å². The molecule has 0 bridgehead atoms. The van der Waals surface area contributed by atoms with E-state index in [-0.39, 0.29) is 18.3 Å². The zero-order valence-electron chi connectivity index (χ0n) is 16.0. The quantitative estimate of drug-likeness (QED) is 0.489. The third-order valence-corrected chi connectivity index (χ3v) is 5.72. The van der Waals surface area contributed by atoms with Crippen LogP contribution in [0.25, 0.3) is 0 Å². The van der Waals surface area contributed by atoms with Crippen molar-refractivity contribution in [2.45, 2.75) is 25.1 Å². The Labute approximate surface area is 183 Å². The number of nitrogens with zero attached hydrogens (tertiary/aromatic N) is 3. The molecule has 0 aliphatic heterocycles. The second kappa shape index (κ2) is 10.0. The highest BCUT2D eigenvalue weighted by atomic mass is 35.5. The van der Waals surface area contributed by atoms with E-state index < -0.39 is 0 Å². The van der Waals surface area contributed by atoms with E-state index in [9.17, 15) is 4.79 Å². The van der Waals surface area contributed by atoms with Crippen molar-refractivity contribution in [3.8, 4) is 5.75 Å². The zero-order chi connectivity index (χ0) is 20.8. The van der Waals surface area contributed by atoms with Gasteiger partial charge in [-0.1, -0.05) is 54.0 Å². The van der Waals surface area contributed by atoms with Crippen molar-refractivity contribution >= 4 is 46.6 Å². The van der Waals surface area contributed by atoms with Crippen LogP contribution in [-0.4, -0.2) is 26.4 Å². The van der Waals surface area contributed by atoms with Crippen LogP contribution in [-0.2, 0) is 24.9 Å². The molecule has 9 heteroatoms. The zero-order valence-corrected chi connectivity index (χ0v) is 18.3. The van der Waals surface area contributed by atoms with Gasteiger partial charge in [-0.15, -0.1) is 10.2 Å². The lowest BCUT2D eigenvalue weighted by Gasteiger charge is -2.08. The molecule has 1 N–H and O–H groups in total. The maximum atomic E-state index is 12.2. The number of benzene rings is 2. The summed E-state index contributed by atoms with van der Waals surface area (Å²) >= 11 is 13.4. The summed E-state index contributed by atoms with van der Waals surface area (Å²) in [6, 6.07) is 12.8. The first-order chi connectivity index (χ1) is 14.0. The molecule has 6 nitrogen and oxygen atoms in total. The highest BCUT2D eigenvalue weighted by Crippen LogP contribution is 2.28. The second-order valence-electron chi connectivity index (χ2n) is 6.21. The highest BCUT2D eigenvalue weighted by molar-refractivity contribution is 7.99. The third-order valence-electron chi connectivity index (χ3n) is 4.15. The van der Waals surface area contributed by atoms with Crippen LogP contribution in [0.3, 0.4) is 0 Å². The number of carbonyl (C=O) groups is 1. The van der Waals surface area contributed by atoms with E-state index in [1.54, 1.807) is 22.8 Å². The minimum absolute atomic E-state index is 0.106. The summed E-state index contributed by atoms with van der Waals surface area (Å²) in [6.45, 7) is 2.27. The molecule has 152 valence electrons. The number of thioether (sulfide) groups is 1. The number of amides is 1. The summed E-state index contributed by atoms with van der Waals surface area (Å²) in [5.41, 5.74) is 2.00. The summed E-state index contributed by atoms with van der Waals surface area (Å²) in [5, 5.41) is 12.8. The molecule has 0 aliphatic rings. The summed E-state index contributed by atoms with van der Waals surface area (Å²) in [4.78, 5) is 12.2. The van der Waals surface area contributed by atoms with Crippen molar-refractivity contribution in [3.05, 3.63) is 63.9 Å². The number of aromatic nitrogens is 3. The fraction of sp³-hybridized carbons (Fsp3) is 0.250. The van der Waals surface area contributed by atoms with Gasteiger partial charge >= 0.3 is 0 Å². The van der Waals surface area contributed by atoms with Crippen LogP contribution in [0, 0.1) is 0 Å². The number of hydrogen-bond acceptors (Lipinski definition) is 5. The average Bonchev–Trinajstić information content (AvgIpc) is 3.07. The topological polar surface area (TPSA) is 69.0 Å². The van der Waals surface area contributed by atoms with Crippen LogP contribution in [0.1, 0.15) is 18.3 Å². The lowest BCUT2D eigenvalue weighted by molar-refractivity contribution is -0.113. The van der Waals surface area contributed by atoms with Crippen molar-refractivity contribution in [2.24, 2.45) is 7.05 Å². The molecule has 0 radical (unpaired) electrons. The molecule has 1 aromatic heterocycles. The monoisotopic (exact) mass is 450 g/mol. The first-order valence-electron chi connectivity index (χ1n) is 8.94. The fourth-order valence-electron chi connectivity index (χ4n) is 2.48. The van der Waals surface area contributed by atoms with Gasteiger partial charge in [-0.25, -0.2) is 0 Å². The van der Waals surface area contributed by atoms with Gasteiger partial charge in [0.2, 0.25) is 5.91 Å². The van der Waals surface area contributed by atoms with E-state index in [0.29, 0.717) is 26.8 Å². The van der Waals surface area contributed by atoms with Crippen LogP contribution in [0.2, 0.25) is 10.0 Å². The van der Waals surface area contributed by atoms with Gasteiger partial charge in [-0.05, 0) is 36.2 Å². The van der Waals surface area contributed by atoms with E-state index in [1.165, 1.54) is 17.3 Å². The Kier molecular flexibility index (Phi) is 7.41. The lowest BCUT2D eigenvalue weighted by atomic mass is 10.1. The van der Waals surface area contributed by atoms with E-state index in [4.69, 9.17) is 27.9 Å². The summed E-state index contributed by atoms with van der Waals surface area (Å²) in [7, 11) is 1.82. The molecular weight excluding hydrogens is 431 g/mol. The van der Waals surface area contributed by atoms with Crippen LogP contribution in [0.5, 0.6) is 5.75 Å². The van der Waals surface area contributed by atoms with Gasteiger partial charge in [0, 0.05) is 23.8 Å². The van der Waals surface area contributed by atoms with E-state index in [1.807, 2.05) is 31.3 Å². The molecule has 1 heterocycles. The molecule has 0 aliphatic carbocycles. The molecule has 0 saturated carbocycles. The predicted octanol–water partition coefficient (Wildman–Crippen LogP) is 4.99. The minimum Gasteiger partial charge on any atom is -0.484 e. The van der Waals surface area contributed by atoms with Gasteiger partial charge < -0.3 is 14.6 Å². The number of halogens is 2. The number of nitrogens with one attached hydrogen (secondary N) is 1. The Morgan fingerprint density at radius 2 is 1.93 bits per heavy atom. The minimum atomic E-state index is -0.106. The summed E-state index contributed by atoms with van der Waals surface area (Å²) < 4.78 is 7.48. The van der Waals surface area contributed by atoms with E-state index in [0.717, 1.165) is 12.1 Å². The van der Waals surface area contributed by atoms with Crippen molar-refractivity contribution < 1.29 is 9.53 Å². The number of ether oxygens (including phenoxy) is 1. The van der Waals surface area contributed by atoms with E-state index in [2.05, 4.69) is 22.4 Å². The smallest absolute Gasteiger partial charge is 0.234 e. The molecule has 0 atom stereocenters. The van der Waals surface area contributed by atoms with E-state index >= 15 is 0 Å². The average molecular weight is 451 g/mol. The standard InChI is InChI=1S/C20H20Cl2N4O2S/c1-3-13-4-7-15(8-5-13)23-19(27)12-29-20-25-24-18(26(20)2)11-28-17-10-14(21)6-9-16(17)22/h4-10H,3,11-12H2,1-2H3,(H,23,27). The molecule has 0 spiro atoms. The number of hydrogen-bond donors (Lipinski definition) is 1. The van der Waals surface area contributed by atoms with Crippen molar-refractivity contribution in [1.82, 2.24) is 14.8 Å². The number of anilines is 1. The third kappa shape index (κ3) is 5.88. The number of carbonyl (C=O) groups excluding carboxylic acids is 1. The van der Waals surface area contributed by atoms with Gasteiger partial charge in [0.1, 0.15) is 12.4 Å². The van der Waals surface area contributed by atoms with Crippen LogP contribution >= 0.6 is 35.0 Å². The number of aryl methyl sites for hydroxylation is 1. The SMILES string of the molecule is CCc1ccc(NC(=O)CSc2nnc(COc3cc(Cl)ccc3Cl)n2C)cc1. The maximum Gasteiger partial charge on any atom is 0.234 e. The highest BCUT2D eigenvalue weighted by Gasteiger charge is 2.13. The first kappa shape index (κ1) is 21.5. The van der Waals surface area contributed by atoms with Crippen molar-refractivity contribution in [2.75, 3.05) is 11.1 Å². The number of rotatable bonds is 8. The molecule has 3 aromatic rings. The van der Waals surface area contributed by atoms with Crippen LogP contribution in [0.15, 0.2) is 47.6 Å². The maximum absolute atomic E-state index is 12.2. The largest absolute Gasteiger partial charge is 0.484 e. The first-order valence-corrected chi connectivity index (χ1v) is 10.7. The predicted molar refractivity (Wildman–Crippen MR) is 117 cm³/mol. The van der Waals surface area contributed by atoms with Crippen LogP contribution in [0.4, 0.5) is 5.69 Å². The fourth-order valence-corrected chi connectivity index (χ4v) is 3.54. The molecule has 0 saturated heterocycles. The molecule has 1 amide bonds. The Morgan fingerprint density at radius 1 is 1.17 bits per heavy atom. The molecule has 3 rings (SSSR count). The molecule has 29 heavy (non-hydrogen) atoms. The van der Waals surface area contributed by atoms with Gasteiger partial charge in [-0.3, -0.25) is 4.79 Å². The van der Waals surface area contributed by atoms with Crippen molar-refractivity contribution in [3.63, 3.8) is 0 Å². The molecule has 2 aromatic carbocycles. The summed E-state index contributed by atoms with van der Waals surface area (Å²) in [6.07, 6.45) is 0.964. The Bertz CT molecular complexity index is 993. The van der Waals surface area contributed by atoms with Gasteiger partial charge in [0.25, 0.3) is 0 Å². The van der Waals surface area contributed by atoms with Gasteiger partial charge in [-0.2, -0.15) is 0 Å². The molecule has 0 fully saturated rings. The molecule has 0 unspecified atom stereocenters. The Balaban J connectivity index is 1.53. The van der Waals surface area contributed by atoms with Gasteiger partial charge in [0.05, 0.1) is 10.8 Å². The molecular formula is C20H20Cl2N4O2S. The second-order valence-corrected chi connectivity index (χ2v) is 7.99. The normalized spacial score (nSPS) is 10.8.